The van der Waals surface area contributed by atoms with Gasteiger partial charge >= 0.3 is 0 Å². The van der Waals surface area contributed by atoms with Gasteiger partial charge in [-0.25, -0.2) is 4.39 Å². The van der Waals surface area contributed by atoms with Crippen LogP contribution < -0.4 is 10.1 Å². The molecule has 1 unspecified atom stereocenters. The van der Waals surface area contributed by atoms with Gasteiger partial charge in [-0.15, -0.1) is 0 Å². The van der Waals surface area contributed by atoms with Gasteiger partial charge in [-0.05, 0) is 29.8 Å². The first-order chi connectivity index (χ1) is 10.5. The van der Waals surface area contributed by atoms with Gasteiger partial charge in [-0.3, -0.25) is 4.79 Å². The number of amides is 1. The molecule has 22 heavy (non-hydrogen) atoms. The Morgan fingerprint density at radius 1 is 1.36 bits per heavy atom. The topological polar surface area (TPSA) is 58.6 Å². The summed E-state index contributed by atoms with van der Waals surface area (Å²) >= 11 is 5.82. The molecule has 2 aromatic carbocycles. The third kappa shape index (κ3) is 3.75. The van der Waals surface area contributed by atoms with Gasteiger partial charge in [0, 0.05) is 6.54 Å². The predicted octanol–water partition coefficient (Wildman–Crippen LogP) is 2.95. The summed E-state index contributed by atoms with van der Waals surface area (Å²) in [6.07, 6.45) is -0.940. The van der Waals surface area contributed by atoms with Crippen LogP contribution >= 0.6 is 11.6 Å². The second-order valence-corrected chi connectivity index (χ2v) is 5.01. The molecular weight excluding hydrogens is 309 g/mol. The van der Waals surface area contributed by atoms with Crippen molar-refractivity contribution >= 4 is 17.5 Å². The first-order valence-electron chi connectivity index (χ1n) is 6.57. The van der Waals surface area contributed by atoms with Crippen LogP contribution in [0.15, 0.2) is 42.5 Å². The number of benzene rings is 2. The highest BCUT2D eigenvalue weighted by molar-refractivity contribution is 6.33. The fourth-order valence-electron chi connectivity index (χ4n) is 1.96. The van der Waals surface area contributed by atoms with E-state index in [4.69, 9.17) is 16.3 Å². The van der Waals surface area contributed by atoms with Gasteiger partial charge in [0.2, 0.25) is 0 Å². The molecule has 4 nitrogen and oxygen atoms in total. The summed E-state index contributed by atoms with van der Waals surface area (Å²) < 4.78 is 18.7. The van der Waals surface area contributed by atoms with E-state index < -0.39 is 17.8 Å². The quantitative estimate of drug-likeness (QED) is 0.889. The molecule has 0 saturated heterocycles. The smallest absolute Gasteiger partial charge is 0.255 e. The van der Waals surface area contributed by atoms with Crippen LogP contribution in [0, 0.1) is 5.82 Å². The van der Waals surface area contributed by atoms with E-state index in [1.54, 1.807) is 24.3 Å². The number of halogens is 2. The van der Waals surface area contributed by atoms with Crippen LogP contribution in [0.5, 0.6) is 5.75 Å². The zero-order valence-corrected chi connectivity index (χ0v) is 12.6. The zero-order chi connectivity index (χ0) is 16.1. The molecule has 0 aromatic heterocycles. The normalized spacial score (nSPS) is 11.8. The van der Waals surface area contributed by atoms with Crippen molar-refractivity contribution in [3.05, 3.63) is 64.4 Å². The zero-order valence-electron chi connectivity index (χ0n) is 11.8. The molecule has 0 saturated carbocycles. The van der Waals surface area contributed by atoms with Gasteiger partial charge < -0.3 is 15.2 Å². The van der Waals surface area contributed by atoms with Crippen molar-refractivity contribution in [2.75, 3.05) is 13.7 Å². The lowest BCUT2D eigenvalue weighted by Crippen LogP contribution is -2.29. The Kier molecular flexibility index (Phi) is 5.35. The van der Waals surface area contributed by atoms with E-state index >= 15 is 0 Å². The number of hydrogen-bond acceptors (Lipinski definition) is 3. The second-order valence-electron chi connectivity index (χ2n) is 4.60. The summed E-state index contributed by atoms with van der Waals surface area (Å²) in [6.45, 7) is -0.0728. The van der Waals surface area contributed by atoms with E-state index in [1.165, 1.54) is 19.2 Å². The van der Waals surface area contributed by atoms with Crippen molar-refractivity contribution in [1.29, 1.82) is 0 Å². The van der Waals surface area contributed by atoms with Gasteiger partial charge in [0.1, 0.15) is 11.6 Å². The molecule has 0 heterocycles. The number of carbonyl (C=O) groups excluding carboxylic acids is 1. The third-order valence-electron chi connectivity index (χ3n) is 3.12. The molecule has 1 amide bonds. The molecule has 0 fully saturated rings. The molecule has 2 aromatic rings. The van der Waals surface area contributed by atoms with Crippen LogP contribution in [-0.2, 0) is 0 Å². The Balaban J connectivity index is 2.04. The highest BCUT2D eigenvalue weighted by Crippen LogP contribution is 2.20. The van der Waals surface area contributed by atoms with Crippen molar-refractivity contribution < 1.29 is 19.0 Å². The number of aliphatic hydroxyl groups excluding tert-OH is 1. The SMILES string of the molecule is COc1cccc(C(O)CNC(=O)c2c(F)cccc2Cl)c1. The maximum Gasteiger partial charge on any atom is 0.255 e. The summed E-state index contributed by atoms with van der Waals surface area (Å²) in [5, 5.41) is 12.6. The molecule has 1 atom stereocenters. The van der Waals surface area contributed by atoms with E-state index in [0.717, 1.165) is 6.07 Å². The number of methoxy groups -OCH3 is 1. The highest BCUT2D eigenvalue weighted by atomic mass is 35.5. The summed E-state index contributed by atoms with van der Waals surface area (Å²) in [4.78, 5) is 12.0. The van der Waals surface area contributed by atoms with Gasteiger partial charge in [-0.1, -0.05) is 29.8 Å². The Morgan fingerprint density at radius 2 is 2.09 bits per heavy atom. The average molecular weight is 324 g/mol. The fourth-order valence-corrected chi connectivity index (χ4v) is 2.21. The van der Waals surface area contributed by atoms with Crippen molar-refractivity contribution in [1.82, 2.24) is 5.32 Å². The summed E-state index contributed by atoms with van der Waals surface area (Å²) in [7, 11) is 1.52. The lowest BCUT2D eigenvalue weighted by atomic mass is 10.1. The molecule has 0 aliphatic heterocycles. The van der Waals surface area contributed by atoms with E-state index in [1.807, 2.05) is 0 Å². The monoisotopic (exact) mass is 323 g/mol. The molecule has 0 radical (unpaired) electrons. The Morgan fingerprint density at radius 3 is 2.77 bits per heavy atom. The first-order valence-corrected chi connectivity index (χ1v) is 6.95. The standard InChI is InChI=1S/C16H15ClFNO3/c1-22-11-5-2-4-10(8-11)14(20)9-19-16(21)15-12(17)6-3-7-13(15)18/h2-8,14,20H,9H2,1H3,(H,19,21). The van der Waals surface area contributed by atoms with Gasteiger partial charge in [0.25, 0.3) is 5.91 Å². The van der Waals surface area contributed by atoms with E-state index in [-0.39, 0.29) is 17.1 Å². The van der Waals surface area contributed by atoms with Crippen molar-refractivity contribution in [2.24, 2.45) is 0 Å². The number of nitrogens with one attached hydrogen (secondary N) is 1. The second kappa shape index (κ2) is 7.24. The minimum absolute atomic E-state index is 0.0216. The van der Waals surface area contributed by atoms with Crippen LogP contribution in [0.1, 0.15) is 22.0 Å². The van der Waals surface area contributed by atoms with Gasteiger partial charge in [0.15, 0.2) is 0 Å². The number of ether oxygens (including phenoxy) is 1. The summed E-state index contributed by atoms with van der Waals surface area (Å²) in [6, 6.07) is 10.8. The van der Waals surface area contributed by atoms with Crippen molar-refractivity contribution in [2.45, 2.75) is 6.10 Å². The maximum absolute atomic E-state index is 13.6. The van der Waals surface area contributed by atoms with E-state index in [9.17, 15) is 14.3 Å². The average Bonchev–Trinajstić information content (AvgIpc) is 2.52. The molecule has 2 N–H and O–H groups in total. The number of aliphatic hydroxyl groups is 1. The molecule has 6 heteroatoms. The maximum atomic E-state index is 13.6. The van der Waals surface area contributed by atoms with E-state index in [0.29, 0.717) is 11.3 Å². The Hall–Kier alpha value is -2.11. The molecule has 0 aliphatic carbocycles. The molecule has 0 bridgehead atoms. The van der Waals surface area contributed by atoms with Crippen molar-refractivity contribution in [3.63, 3.8) is 0 Å². The number of rotatable bonds is 5. The minimum atomic E-state index is -0.940. The summed E-state index contributed by atoms with van der Waals surface area (Å²) in [5.74, 6) is -0.786. The Labute approximate surface area is 132 Å². The fraction of sp³-hybridized carbons (Fsp3) is 0.188. The van der Waals surface area contributed by atoms with Crippen LogP contribution in [0.3, 0.4) is 0 Å². The largest absolute Gasteiger partial charge is 0.497 e. The third-order valence-corrected chi connectivity index (χ3v) is 3.44. The molecule has 2 rings (SSSR count). The highest BCUT2D eigenvalue weighted by Gasteiger charge is 2.17. The Bertz CT molecular complexity index is 658. The lowest BCUT2D eigenvalue weighted by Gasteiger charge is -2.14. The van der Waals surface area contributed by atoms with Crippen molar-refractivity contribution in [3.8, 4) is 5.75 Å². The first kappa shape index (κ1) is 16.3. The molecule has 0 aliphatic rings. The predicted molar refractivity (Wildman–Crippen MR) is 81.7 cm³/mol. The van der Waals surface area contributed by atoms with Gasteiger partial charge in [0.05, 0.1) is 23.8 Å². The molecular formula is C16H15ClFNO3. The van der Waals surface area contributed by atoms with Crippen LogP contribution in [0.25, 0.3) is 0 Å². The number of hydrogen-bond donors (Lipinski definition) is 2. The van der Waals surface area contributed by atoms with Crippen LogP contribution in [0.4, 0.5) is 4.39 Å². The molecule has 0 spiro atoms. The molecule has 116 valence electrons. The van der Waals surface area contributed by atoms with Gasteiger partial charge in [-0.2, -0.15) is 0 Å². The number of carbonyl (C=O) groups is 1. The van der Waals surface area contributed by atoms with E-state index in [2.05, 4.69) is 5.32 Å². The minimum Gasteiger partial charge on any atom is -0.497 e. The van der Waals surface area contributed by atoms with Crippen LogP contribution in [0.2, 0.25) is 5.02 Å². The van der Waals surface area contributed by atoms with Crippen LogP contribution in [-0.4, -0.2) is 24.7 Å². The lowest BCUT2D eigenvalue weighted by molar-refractivity contribution is 0.0912. The summed E-state index contributed by atoms with van der Waals surface area (Å²) in [5.41, 5.74) is 0.348.